The molecule has 0 aliphatic carbocycles. The molecule has 2 rings (SSSR count). The molecule has 1 fully saturated rings. The van der Waals surface area contributed by atoms with Gasteiger partial charge in [0.05, 0.1) is 18.8 Å². The summed E-state index contributed by atoms with van der Waals surface area (Å²) in [6, 6.07) is 0. The summed E-state index contributed by atoms with van der Waals surface area (Å²) in [6.45, 7) is 0.528. The first kappa shape index (κ1) is 11.7. The van der Waals surface area contributed by atoms with Crippen molar-refractivity contribution in [3.8, 4) is 0 Å². The summed E-state index contributed by atoms with van der Waals surface area (Å²) in [5.41, 5.74) is 0.551. The fourth-order valence-electron chi connectivity index (χ4n) is 1.52. The molecular formula is C9H9N3O4S. The van der Waals surface area contributed by atoms with E-state index in [4.69, 9.17) is 5.11 Å². The summed E-state index contributed by atoms with van der Waals surface area (Å²) in [4.78, 5) is 38.3. The van der Waals surface area contributed by atoms with E-state index in [-0.39, 0.29) is 29.9 Å². The zero-order valence-electron chi connectivity index (χ0n) is 8.67. The predicted octanol–water partition coefficient (Wildman–Crippen LogP) is -0.700. The van der Waals surface area contributed by atoms with Crippen LogP contribution in [0.2, 0.25) is 0 Å². The molecule has 8 heteroatoms. The molecule has 0 bridgehead atoms. The van der Waals surface area contributed by atoms with Crippen molar-refractivity contribution in [3.05, 3.63) is 16.1 Å². The second kappa shape index (κ2) is 4.60. The third kappa shape index (κ3) is 2.86. The minimum atomic E-state index is -1.08. The Balaban J connectivity index is 2.02. The average molecular weight is 255 g/mol. The quantitative estimate of drug-likeness (QED) is 0.693. The van der Waals surface area contributed by atoms with Gasteiger partial charge in [-0.1, -0.05) is 0 Å². The molecular weight excluding hydrogens is 246 g/mol. The SMILES string of the molecule is O=C1CN(Cc2csc(C(=O)O)n2)CC(=O)N1. The van der Waals surface area contributed by atoms with Crippen LogP contribution in [0.1, 0.15) is 15.5 Å². The van der Waals surface area contributed by atoms with Crippen molar-refractivity contribution in [2.24, 2.45) is 0 Å². The topological polar surface area (TPSA) is 99.6 Å². The molecule has 90 valence electrons. The number of carbonyl (C=O) groups is 3. The van der Waals surface area contributed by atoms with Crippen LogP contribution in [0.3, 0.4) is 0 Å². The number of piperazine rings is 1. The largest absolute Gasteiger partial charge is 0.476 e. The minimum absolute atomic E-state index is 0.00721. The molecule has 0 unspecified atom stereocenters. The maximum absolute atomic E-state index is 11.1. The molecule has 1 saturated heterocycles. The van der Waals surface area contributed by atoms with E-state index in [0.717, 1.165) is 11.3 Å². The van der Waals surface area contributed by atoms with Crippen LogP contribution in [0, 0.1) is 0 Å². The number of nitrogens with one attached hydrogen (secondary N) is 1. The highest BCUT2D eigenvalue weighted by atomic mass is 32.1. The van der Waals surface area contributed by atoms with Crippen LogP contribution < -0.4 is 5.32 Å². The summed E-state index contributed by atoms with van der Waals surface area (Å²) in [6.07, 6.45) is 0. The van der Waals surface area contributed by atoms with Gasteiger partial charge in [0.15, 0.2) is 0 Å². The lowest BCUT2D eigenvalue weighted by Gasteiger charge is -2.24. The Hall–Kier alpha value is -1.80. The zero-order chi connectivity index (χ0) is 12.4. The normalized spacial score (nSPS) is 16.9. The smallest absolute Gasteiger partial charge is 0.365 e. The van der Waals surface area contributed by atoms with Crippen LogP contribution in [0.5, 0.6) is 0 Å². The van der Waals surface area contributed by atoms with E-state index >= 15 is 0 Å². The van der Waals surface area contributed by atoms with Crippen molar-refractivity contribution in [2.75, 3.05) is 13.1 Å². The Kier molecular flexibility index (Phi) is 3.16. The van der Waals surface area contributed by atoms with Gasteiger partial charge >= 0.3 is 5.97 Å². The number of aromatic nitrogens is 1. The maximum Gasteiger partial charge on any atom is 0.365 e. The van der Waals surface area contributed by atoms with E-state index in [1.54, 1.807) is 10.3 Å². The van der Waals surface area contributed by atoms with Crippen molar-refractivity contribution in [3.63, 3.8) is 0 Å². The predicted molar refractivity (Wildman–Crippen MR) is 57.5 cm³/mol. The molecule has 2 N–H and O–H groups in total. The summed E-state index contributed by atoms with van der Waals surface area (Å²) in [5, 5.41) is 12.5. The lowest BCUT2D eigenvalue weighted by molar-refractivity contribution is -0.136. The highest BCUT2D eigenvalue weighted by Crippen LogP contribution is 2.12. The number of carbonyl (C=O) groups excluding carboxylic acids is 2. The molecule has 7 nitrogen and oxygen atoms in total. The Morgan fingerprint density at radius 2 is 2.12 bits per heavy atom. The van der Waals surface area contributed by atoms with Gasteiger partial charge in [-0.3, -0.25) is 19.8 Å². The molecule has 2 heterocycles. The van der Waals surface area contributed by atoms with Gasteiger partial charge < -0.3 is 5.11 Å². The van der Waals surface area contributed by atoms with E-state index in [1.165, 1.54) is 0 Å². The number of hydrogen-bond donors (Lipinski definition) is 2. The van der Waals surface area contributed by atoms with Crippen LogP contribution in [0.4, 0.5) is 0 Å². The van der Waals surface area contributed by atoms with E-state index in [1.807, 2.05) is 0 Å². The van der Waals surface area contributed by atoms with E-state index in [2.05, 4.69) is 10.3 Å². The number of hydrogen-bond acceptors (Lipinski definition) is 6. The molecule has 0 atom stereocenters. The van der Waals surface area contributed by atoms with Gasteiger partial charge in [-0.2, -0.15) is 0 Å². The third-order valence-corrected chi connectivity index (χ3v) is 3.01. The molecule has 0 spiro atoms. The first-order valence-corrected chi connectivity index (χ1v) is 5.65. The Labute approximate surface area is 100 Å². The lowest BCUT2D eigenvalue weighted by atomic mass is 10.3. The van der Waals surface area contributed by atoms with Gasteiger partial charge in [0, 0.05) is 11.9 Å². The maximum atomic E-state index is 11.1. The number of nitrogens with zero attached hydrogens (tertiary/aromatic N) is 2. The van der Waals surface area contributed by atoms with Crippen LogP contribution in [0.25, 0.3) is 0 Å². The summed E-state index contributed by atoms with van der Waals surface area (Å²) >= 11 is 1.03. The summed E-state index contributed by atoms with van der Waals surface area (Å²) in [5.74, 6) is -1.78. The van der Waals surface area contributed by atoms with E-state index in [9.17, 15) is 14.4 Å². The second-order valence-electron chi connectivity index (χ2n) is 3.57. The molecule has 1 aliphatic rings. The number of imide groups is 1. The van der Waals surface area contributed by atoms with Gasteiger partial charge in [0.2, 0.25) is 16.8 Å². The summed E-state index contributed by atoms with van der Waals surface area (Å²) in [7, 11) is 0. The van der Waals surface area contributed by atoms with Gasteiger partial charge in [-0.15, -0.1) is 11.3 Å². The Morgan fingerprint density at radius 3 is 2.65 bits per heavy atom. The standard InChI is InChI=1S/C9H9N3O4S/c13-6-2-12(3-7(14)11-6)1-5-4-17-8(10-5)9(15)16/h4H,1-3H2,(H,15,16)(H,11,13,14). The molecule has 2 amide bonds. The highest BCUT2D eigenvalue weighted by Gasteiger charge is 2.23. The van der Waals surface area contributed by atoms with Crippen molar-refractivity contribution in [1.82, 2.24) is 15.2 Å². The van der Waals surface area contributed by atoms with Gasteiger partial charge in [-0.25, -0.2) is 9.78 Å². The number of carboxylic acids is 1. The van der Waals surface area contributed by atoms with Crippen molar-refractivity contribution in [1.29, 1.82) is 0 Å². The molecule has 17 heavy (non-hydrogen) atoms. The molecule has 1 aromatic rings. The fraction of sp³-hybridized carbons (Fsp3) is 0.333. The van der Waals surface area contributed by atoms with Crippen LogP contribution >= 0.6 is 11.3 Å². The highest BCUT2D eigenvalue weighted by molar-refractivity contribution is 7.11. The van der Waals surface area contributed by atoms with Crippen molar-refractivity contribution >= 4 is 29.1 Å². The monoisotopic (exact) mass is 255 g/mol. The van der Waals surface area contributed by atoms with E-state index in [0.29, 0.717) is 12.2 Å². The summed E-state index contributed by atoms with van der Waals surface area (Å²) < 4.78 is 0. The number of amides is 2. The number of carboxylic acid groups (broad SMARTS) is 1. The number of rotatable bonds is 3. The minimum Gasteiger partial charge on any atom is -0.476 e. The first-order valence-electron chi connectivity index (χ1n) is 4.77. The van der Waals surface area contributed by atoms with Gasteiger partial charge in [0.25, 0.3) is 0 Å². The van der Waals surface area contributed by atoms with Gasteiger partial charge in [0.1, 0.15) is 0 Å². The fourth-order valence-corrected chi connectivity index (χ4v) is 2.16. The average Bonchev–Trinajstić information content (AvgIpc) is 2.64. The first-order chi connectivity index (χ1) is 8.04. The van der Waals surface area contributed by atoms with Crippen LogP contribution in [-0.4, -0.2) is 45.9 Å². The van der Waals surface area contributed by atoms with E-state index < -0.39 is 5.97 Å². The van der Waals surface area contributed by atoms with Crippen LogP contribution in [0.15, 0.2) is 5.38 Å². The van der Waals surface area contributed by atoms with Crippen molar-refractivity contribution in [2.45, 2.75) is 6.54 Å². The van der Waals surface area contributed by atoms with Crippen molar-refractivity contribution < 1.29 is 19.5 Å². The lowest BCUT2D eigenvalue weighted by Crippen LogP contribution is -2.50. The Morgan fingerprint density at radius 1 is 1.47 bits per heavy atom. The second-order valence-corrected chi connectivity index (χ2v) is 4.42. The molecule has 1 aromatic heterocycles. The van der Waals surface area contributed by atoms with Gasteiger partial charge in [-0.05, 0) is 0 Å². The molecule has 1 aliphatic heterocycles. The zero-order valence-corrected chi connectivity index (χ0v) is 9.49. The molecule has 0 radical (unpaired) electrons. The number of aromatic carboxylic acids is 1. The third-order valence-electron chi connectivity index (χ3n) is 2.13. The Bertz CT molecular complexity index is 468. The number of thiazole rings is 1. The van der Waals surface area contributed by atoms with Crippen LogP contribution in [-0.2, 0) is 16.1 Å². The molecule has 0 aromatic carbocycles. The molecule has 0 saturated carbocycles.